The molecule has 0 bridgehead atoms. The lowest BCUT2D eigenvalue weighted by atomic mass is 10.0. The number of nitrogens with one attached hydrogen (secondary N) is 1. The number of rotatable bonds is 1. The largest absolute Gasteiger partial charge is 0.471 e. The molecular formula is C12H12N2O3. The number of para-hydroxylation sites is 2. The summed E-state index contributed by atoms with van der Waals surface area (Å²) in [6, 6.07) is 7.29. The number of carbonyl (C=O) groups is 2. The second-order valence-corrected chi connectivity index (χ2v) is 4.18. The van der Waals surface area contributed by atoms with E-state index in [1.165, 1.54) is 0 Å². The molecule has 1 atom stereocenters. The van der Waals surface area contributed by atoms with Crippen LogP contribution in [0.2, 0.25) is 0 Å². The van der Waals surface area contributed by atoms with E-state index in [1.807, 2.05) is 29.2 Å². The van der Waals surface area contributed by atoms with Gasteiger partial charge < -0.3 is 9.64 Å². The van der Waals surface area contributed by atoms with Gasteiger partial charge in [0.05, 0.1) is 5.69 Å². The Kier molecular flexibility index (Phi) is 2.24. The Morgan fingerprint density at radius 3 is 2.94 bits per heavy atom. The number of imide groups is 1. The van der Waals surface area contributed by atoms with Crippen molar-refractivity contribution in [3.63, 3.8) is 0 Å². The molecule has 5 nitrogen and oxygen atoms in total. The Bertz CT molecular complexity index is 486. The highest BCUT2D eigenvalue weighted by Crippen LogP contribution is 2.35. The van der Waals surface area contributed by atoms with Gasteiger partial charge in [0, 0.05) is 6.42 Å². The monoisotopic (exact) mass is 232 g/mol. The lowest BCUT2D eigenvalue weighted by Gasteiger charge is -2.29. The summed E-state index contributed by atoms with van der Waals surface area (Å²) in [5, 5.41) is 2.36. The van der Waals surface area contributed by atoms with Crippen molar-refractivity contribution in [3.05, 3.63) is 24.3 Å². The van der Waals surface area contributed by atoms with E-state index in [2.05, 4.69) is 5.32 Å². The minimum atomic E-state index is -0.309. The van der Waals surface area contributed by atoms with Gasteiger partial charge >= 0.3 is 0 Å². The van der Waals surface area contributed by atoms with Gasteiger partial charge in [0.25, 0.3) is 0 Å². The van der Waals surface area contributed by atoms with Crippen molar-refractivity contribution in [2.75, 3.05) is 11.6 Å². The van der Waals surface area contributed by atoms with Crippen molar-refractivity contribution in [1.82, 2.24) is 5.32 Å². The number of hydrogen-bond acceptors (Lipinski definition) is 4. The topological polar surface area (TPSA) is 58.6 Å². The van der Waals surface area contributed by atoms with Crippen LogP contribution in [0.4, 0.5) is 5.69 Å². The van der Waals surface area contributed by atoms with E-state index in [-0.39, 0.29) is 17.9 Å². The zero-order valence-corrected chi connectivity index (χ0v) is 9.18. The second kappa shape index (κ2) is 3.76. The first-order valence-electron chi connectivity index (χ1n) is 5.58. The van der Waals surface area contributed by atoms with Crippen LogP contribution < -0.4 is 15.0 Å². The van der Waals surface area contributed by atoms with Crippen molar-refractivity contribution < 1.29 is 14.3 Å². The second-order valence-electron chi connectivity index (χ2n) is 4.18. The highest BCUT2D eigenvalue weighted by Gasteiger charge is 2.35. The van der Waals surface area contributed by atoms with Gasteiger partial charge in [-0.15, -0.1) is 0 Å². The Hall–Kier alpha value is -2.04. The van der Waals surface area contributed by atoms with E-state index >= 15 is 0 Å². The summed E-state index contributed by atoms with van der Waals surface area (Å²) < 4.78 is 5.50. The van der Waals surface area contributed by atoms with E-state index in [0.717, 1.165) is 11.4 Å². The molecule has 0 radical (unpaired) electrons. The molecule has 88 valence electrons. The number of fused-ring (bicyclic) bond motifs is 1. The van der Waals surface area contributed by atoms with Gasteiger partial charge in [0.1, 0.15) is 11.8 Å². The maximum Gasteiger partial charge on any atom is 0.249 e. The van der Waals surface area contributed by atoms with Crippen LogP contribution in [0.3, 0.4) is 0 Å². The summed E-state index contributed by atoms with van der Waals surface area (Å²) in [5.74, 6) is 0.360. The Labute approximate surface area is 98.4 Å². The standard InChI is InChI=1S/C12H12N2O3/c15-11-6-5-9(12(16)13-11)14-7-17-10-4-2-1-3-8(10)14/h1-4,9H,5-7H2,(H,13,15,16). The van der Waals surface area contributed by atoms with E-state index in [4.69, 9.17) is 4.74 Å². The molecule has 1 fully saturated rings. The Balaban J connectivity index is 1.87. The lowest BCUT2D eigenvalue weighted by molar-refractivity contribution is -0.134. The Morgan fingerprint density at radius 2 is 2.12 bits per heavy atom. The summed E-state index contributed by atoms with van der Waals surface area (Å²) in [4.78, 5) is 24.8. The molecule has 0 aliphatic carbocycles. The van der Waals surface area contributed by atoms with Crippen molar-refractivity contribution in [3.8, 4) is 5.75 Å². The van der Waals surface area contributed by atoms with Gasteiger partial charge in [-0.25, -0.2) is 0 Å². The number of benzene rings is 1. The van der Waals surface area contributed by atoms with Crippen LogP contribution in [-0.4, -0.2) is 24.6 Å². The van der Waals surface area contributed by atoms with Crippen molar-refractivity contribution in [2.45, 2.75) is 18.9 Å². The predicted octanol–water partition coefficient (Wildman–Crippen LogP) is 0.648. The molecule has 0 spiro atoms. The molecule has 3 rings (SSSR count). The van der Waals surface area contributed by atoms with Crippen LogP contribution in [0.5, 0.6) is 5.75 Å². The molecule has 0 aromatic heterocycles. The van der Waals surface area contributed by atoms with Crippen molar-refractivity contribution >= 4 is 17.5 Å². The molecule has 1 N–H and O–H groups in total. The quantitative estimate of drug-likeness (QED) is 0.722. The van der Waals surface area contributed by atoms with Gasteiger partial charge in [0.2, 0.25) is 11.8 Å². The number of carbonyl (C=O) groups excluding carboxylic acids is 2. The van der Waals surface area contributed by atoms with E-state index in [0.29, 0.717) is 19.6 Å². The minimum Gasteiger partial charge on any atom is -0.471 e. The first-order chi connectivity index (χ1) is 8.25. The minimum absolute atomic E-state index is 0.195. The average molecular weight is 232 g/mol. The summed E-state index contributed by atoms with van der Waals surface area (Å²) in [7, 11) is 0. The number of anilines is 1. The average Bonchev–Trinajstić information content (AvgIpc) is 2.73. The zero-order chi connectivity index (χ0) is 11.8. The van der Waals surface area contributed by atoms with Gasteiger partial charge in [-0.3, -0.25) is 14.9 Å². The van der Waals surface area contributed by atoms with Crippen LogP contribution >= 0.6 is 0 Å². The molecule has 1 aromatic rings. The van der Waals surface area contributed by atoms with E-state index < -0.39 is 0 Å². The molecule has 1 saturated heterocycles. The molecule has 2 aliphatic heterocycles. The lowest BCUT2D eigenvalue weighted by Crippen LogP contribution is -2.52. The van der Waals surface area contributed by atoms with Crippen molar-refractivity contribution in [2.24, 2.45) is 0 Å². The highest BCUT2D eigenvalue weighted by atomic mass is 16.5. The fraction of sp³-hybridized carbons (Fsp3) is 0.333. The van der Waals surface area contributed by atoms with Gasteiger partial charge in [-0.2, -0.15) is 0 Å². The van der Waals surface area contributed by atoms with E-state index in [1.54, 1.807) is 0 Å². The molecule has 1 unspecified atom stereocenters. The fourth-order valence-corrected chi connectivity index (χ4v) is 2.26. The first kappa shape index (κ1) is 10.1. The van der Waals surface area contributed by atoms with Crippen LogP contribution in [0.15, 0.2) is 24.3 Å². The number of hydrogen-bond donors (Lipinski definition) is 1. The number of ether oxygens (including phenoxy) is 1. The van der Waals surface area contributed by atoms with Crippen LogP contribution in [0.25, 0.3) is 0 Å². The highest BCUT2D eigenvalue weighted by molar-refractivity contribution is 6.01. The number of amides is 2. The number of nitrogens with zero attached hydrogens (tertiary/aromatic N) is 1. The molecule has 1 aromatic carbocycles. The summed E-state index contributed by atoms with van der Waals surface area (Å²) in [6.45, 7) is 0.367. The van der Waals surface area contributed by atoms with Gasteiger partial charge in [-0.1, -0.05) is 12.1 Å². The maximum absolute atomic E-state index is 11.8. The van der Waals surface area contributed by atoms with Gasteiger partial charge in [0.15, 0.2) is 6.73 Å². The van der Waals surface area contributed by atoms with E-state index in [9.17, 15) is 9.59 Å². The molecule has 2 amide bonds. The molecule has 0 saturated carbocycles. The normalized spacial score (nSPS) is 23.1. The van der Waals surface area contributed by atoms with Crippen LogP contribution in [0.1, 0.15) is 12.8 Å². The smallest absolute Gasteiger partial charge is 0.249 e. The molecule has 2 aliphatic rings. The molecule has 17 heavy (non-hydrogen) atoms. The van der Waals surface area contributed by atoms with Gasteiger partial charge in [-0.05, 0) is 18.6 Å². The molecule has 5 heteroatoms. The van der Waals surface area contributed by atoms with Crippen molar-refractivity contribution in [1.29, 1.82) is 0 Å². The SMILES string of the molecule is O=C1CCC(N2COc3ccccc32)C(=O)N1. The van der Waals surface area contributed by atoms with Crippen LogP contribution in [0, 0.1) is 0 Å². The molecular weight excluding hydrogens is 220 g/mol. The third kappa shape index (κ3) is 1.63. The Morgan fingerprint density at radius 1 is 1.29 bits per heavy atom. The predicted molar refractivity (Wildman–Crippen MR) is 60.6 cm³/mol. The summed E-state index contributed by atoms with van der Waals surface area (Å²) >= 11 is 0. The summed E-state index contributed by atoms with van der Waals surface area (Å²) in [6.07, 6.45) is 0.928. The fourth-order valence-electron chi connectivity index (χ4n) is 2.26. The molecule has 2 heterocycles. The first-order valence-corrected chi connectivity index (χ1v) is 5.58. The summed E-state index contributed by atoms with van der Waals surface area (Å²) in [5.41, 5.74) is 0.919. The third-order valence-corrected chi connectivity index (χ3v) is 3.12. The third-order valence-electron chi connectivity index (χ3n) is 3.12. The van der Waals surface area contributed by atoms with Crippen LogP contribution in [-0.2, 0) is 9.59 Å². The maximum atomic E-state index is 11.8. The zero-order valence-electron chi connectivity index (χ0n) is 9.18. The number of piperidine rings is 1.